The Balaban J connectivity index is 2.67. The van der Waals surface area contributed by atoms with Crippen LogP contribution in [-0.2, 0) is 0 Å². The molecule has 0 spiro atoms. The third-order valence-electron chi connectivity index (χ3n) is 2.35. The van der Waals surface area contributed by atoms with Gasteiger partial charge in [0.1, 0.15) is 0 Å². The van der Waals surface area contributed by atoms with Crippen LogP contribution in [0.4, 0.5) is 8.78 Å². The van der Waals surface area contributed by atoms with Crippen LogP contribution in [0.2, 0.25) is 0 Å². The fourth-order valence-corrected chi connectivity index (χ4v) is 1.38. The average molecular weight is 241 g/mol. The van der Waals surface area contributed by atoms with E-state index >= 15 is 0 Å². The first-order chi connectivity index (χ1) is 7.42. The lowest BCUT2D eigenvalue weighted by molar-refractivity contribution is 0.105. The number of halogens is 2. The molecule has 16 heavy (non-hydrogen) atoms. The van der Waals surface area contributed by atoms with Crippen molar-refractivity contribution in [2.24, 2.45) is 10.9 Å². The largest absolute Gasteiger partial charge is 0.261 e. The highest BCUT2D eigenvalue weighted by molar-refractivity contribution is 7.84. The minimum absolute atomic E-state index is 0.153. The lowest BCUT2D eigenvalue weighted by Crippen LogP contribution is -1.95. The van der Waals surface area contributed by atoms with Crippen LogP contribution in [0.1, 0.15) is 13.3 Å². The van der Waals surface area contributed by atoms with Gasteiger partial charge in [0.15, 0.2) is 0 Å². The highest BCUT2D eigenvalue weighted by Gasteiger charge is 2.58. The number of nitrogens with zero attached hydrogens (tertiary/aromatic N) is 1. The molecule has 0 aromatic rings. The Morgan fingerprint density at radius 2 is 2.19 bits per heavy atom. The number of hydrogen-bond acceptors (Lipinski definition) is 2. The smallest absolute Gasteiger partial charge is 0.257 e. The third kappa shape index (κ3) is 2.94. The minimum atomic E-state index is -2.62. The van der Waals surface area contributed by atoms with Crippen LogP contribution in [0.3, 0.4) is 0 Å². The van der Waals surface area contributed by atoms with Crippen LogP contribution in [-0.4, -0.2) is 12.1 Å². The maximum atomic E-state index is 12.7. The van der Waals surface area contributed by atoms with E-state index in [-0.39, 0.29) is 12.1 Å². The first-order valence-electron chi connectivity index (χ1n) is 4.78. The number of thiol groups is 1. The van der Waals surface area contributed by atoms with Crippen LogP contribution in [0, 0.1) is 5.92 Å². The number of rotatable bonds is 4. The van der Waals surface area contributed by atoms with E-state index in [1.807, 2.05) is 0 Å². The average Bonchev–Trinajstić information content (AvgIpc) is 2.88. The van der Waals surface area contributed by atoms with Gasteiger partial charge in [-0.1, -0.05) is 19.2 Å². The van der Waals surface area contributed by atoms with Crippen LogP contribution < -0.4 is 0 Å². The molecule has 1 rings (SSSR count). The molecule has 1 atom stereocenters. The van der Waals surface area contributed by atoms with E-state index < -0.39 is 11.8 Å². The van der Waals surface area contributed by atoms with Gasteiger partial charge in [-0.25, -0.2) is 8.78 Å². The summed E-state index contributed by atoms with van der Waals surface area (Å²) < 4.78 is 25.4. The Bertz CT molecular complexity index is 415. The molecule has 0 saturated heterocycles. The molecule has 4 heteroatoms. The molecule has 1 unspecified atom stereocenters. The monoisotopic (exact) mass is 241 g/mol. The number of hydrogen-bond donors (Lipinski definition) is 1. The van der Waals surface area contributed by atoms with Crippen molar-refractivity contribution in [1.29, 1.82) is 0 Å². The van der Waals surface area contributed by atoms with Crippen molar-refractivity contribution < 1.29 is 8.78 Å². The van der Waals surface area contributed by atoms with Crippen molar-refractivity contribution in [1.82, 2.24) is 0 Å². The van der Waals surface area contributed by atoms with Crippen LogP contribution >= 0.6 is 12.6 Å². The highest BCUT2D eigenvalue weighted by Crippen LogP contribution is 2.52. The van der Waals surface area contributed by atoms with E-state index in [0.29, 0.717) is 10.5 Å². The van der Waals surface area contributed by atoms with Crippen LogP contribution in [0.5, 0.6) is 0 Å². The van der Waals surface area contributed by atoms with Crippen LogP contribution in [0.25, 0.3) is 0 Å². The SMILES string of the molecule is C=C=C(S)/C(C=NC(=C)C1CC1(F)F)=C/C. The Hall–Kier alpha value is -1.12. The molecule has 1 nitrogen and oxygen atoms in total. The first kappa shape index (κ1) is 12.9. The standard InChI is InChI=1S/C12H13F2NS/c1-4-9(11(16)5-2)7-15-8(3)10-6-12(10,13)14/h4,7,10,16H,2-3,6H2,1H3/b9-4+,15-7?. The molecule has 0 amide bonds. The fourth-order valence-electron chi connectivity index (χ4n) is 1.19. The number of alkyl halides is 2. The van der Waals surface area contributed by atoms with Gasteiger partial charge in [-0.05, 0) is 6.92 Å². The van der Waals surface area contributed by atoms with Gasteiger partial charge in [0, 0.05) is 23.9 Å². The van der Waals surface area contributed by atoms with E-state index in [0.717, 1.165) is 0 Å². The van der Waals surface area contributed by atoms with Gasteiger partial charge >= 0.3 is 0 Å². The molecule has 86 valence electrons. The summed E-state index contributed by atoms with van der Waals surface area (Å²) in [7, 11) is 0. The minimum Gasteiger partial charge on any atom is -0.261 e. The molecule has 0 bridgehead atoms. The highest BCUT2D eigenvalue weighted by atomic mass is 32.1. The van der Waals surface area contributed by atoms with Gasteiger partial charge in [-0.15, -0.1) is 18.4 Å². The van der Waals surface area contributed by atoms with Gasteiger partial charge in [0.25, 0.3) is 5.92 Å². The predicted molar refractivity (Wildman–Crippen MR) is 66.1 cm³/mol. The van der Waals surface area contributed by atoms with Crippen molar-refractivity contribution in [3.05, 3.63) is 41.1 Å². The third-order valence-corrected chi connectivity index (χ3v) is 2.77. The number of aliphatic imine (C=N–C) groups is 1. The van der Waals surface area contributed by atoms with E-state index in [2.05, 4.69) is 36.5 Å². The van der Waals surface area contributed by atoms with E-state index in [1.54, 1.807) is 13.0 Å². The second-order valence-corrected chi connectivity index (χ2v) is 3.98. The van der Waals surface area contributed by atoms with E-state index in [4.69, 9.17) is 0 Å². The summed E-state index contributed by atoms with van der Waals surface area (Å²) in [5, 5.41) is 0. The summed E-state index contributed by atoms with van der Waals surface area (Å²) in [5.41, 5.74) is 3.48. The second-order valence-electron chi connectivity index (χ2n) is 3.54. The zero-order valence-corrected chi connectivity index (χ0v) is 9.90. The first-order valence-corrected chi connectivity index (χ1v) is 5.23. The van der Waals surface area contributed by atoms with E-state index in [9.17, 15) is 8.78 Å². The predicted octanol–water partition coefficient (Wildman–Crippen LogP) is 3.77. The number of allylic oxidation sites excluding steroid dienone is 3. The Labute approximate surface area is 99.4 Å². The Kier molecular flexibility index (Phi) is 3.89. The maximum absolute atomic E-state index is 12.7. The Morgan fingerprint density at radius 3 is 2.56 bits per heavy atom. The summed E-state index contributed by atoms with van der Waals surface area (Å²) in [6.07, 6.45) is 3.05. The molecular weight excluding hydrogens is 228 g/mol. The summed E-state index contributed by atoms with van der Waals surface area (Å²) in [5.74, 6) is -3.43. The topological polar surface area (TPSA) is 12.4 Å². The summed E-state index contributed by atoms with van der Waals surface area (Å²) >= 11 is 4.11. The van der Waals surface area contributed by atoms with Gasteiger partial charge in [0.2, 0.25) is 0 Å². The van der Waals surface area contributed by atoms with Gasteiger partial charge in [-0.2, -0.15) is 0 Å². The molecule has 0 aromatic heterocycles. The summed E-state index contributed by atoms with van der Waals surface area (Å²) in [4.78, 5) is 4.45. The molecule has 1 aliphatic rings. The molecule has 0 aliphatic heterocycles. The summed E-state index contributed by atoms with van der Waals surface area (Å²) in [6, 6.07) is 0. The van der Waals surface area contributed by atoms with Crippen LogP contribution in [0.15, 0.2) is 46.1 Å². The second kappa shape index (κ2) is 4.81. The molecule has 0 heterocycles. The molecule has 0 N–H and O–H groups in total. The van der Waals surface area contributed by atoms with Crippen molar-refractivity contribution in [2.75, 3.05) is 0 Å². The lowest BCUT2D eigenvalue weighted by atomic mass is 10.2. The maximum Gasteiger partial charge on any atom is 0.257 e. The quantitative estimate of drug-likeness (QED) is 0.333. The molecule has 1 fully saturated rings. The molecular formula is C12H13F2NS. The van der Waals surface area contributed by atoms with Gasteiger partial charge < -0.3 is 0 Å². The van der Waals surface area contributed by atoms with Gasteiger partial charge in [-0.3, -0.25) is 4.99 Å². The molecule has 1 saturated carbocycles. The Morgan fingerprint density at radius 1 is 1.62 bits per heavy atom. The van der Waals surface area contributed by atoms with Gasteiger partial charge in [0.05, 0.1) is 10.8 Å². The zero-order chi connectivity index (χ0) is 12.3. The summed E-state index contributed by atoms with van der Waals surface area (Å²) in [6.45, 7) is 8.77. The van der Waals surface area contributed by atoms with Crippen molar-refractivity contribution in [3.63, 3.8) is 0 Å². The van der Waals surface area contributed by atoms with E-state index in [1.165, 1.54) is 6.21 Å². The van der Waals surface area contributed by atoms with Crippen molar-refractivity contribution in [2.45, 2.75) is 19.3 Å². The zero-order valence-electron chi connectivity index (χ0n) is 9.00. The normalized spacial score (nSPS) is 23.0. The molecule has 0 radical (unpaired) electrons. The molecule has 0 aromatic carbocycles. The lowest BCUT2D eigenvalue weighted by Gasteiger charge is -1.99. The van der Waals surface area contributed by atoms with Crippen molar-refractivity contribution in [3.8, 4) is 0 Å². The fraction of sp³-hybridized carbons (Fsp3) is 0.333. The van der Waals surface area contributed by atoms with Crippen molar-refractivity contribution >= 4 is 18.8 Å². The molecule has 1 aliphatic carbocycles.